The van der Waals surface area contributed by atoms with Gasteiger partial charge in [-0.25, -0.2) is 12.8 Å². The van der Waals surface area contributed by atoms with E-state index >= 15 is 0 Å². The maximum Gasteiger partial charge on any atom is 0.254 e. The van der Waals surface area contributed by atoms with E-state index < -0.39 is 21.7 Å². The SMILES string of the molecule is CC1CC(C)CN(S(=O)(=O)c2ccc(F)c(C(=O)NCc3cccnc3)c2)C1. The van der Waals surface area contributed by atoms with Crippen molar-refractivity contribution in [2.45, 2.75) is 31.7 Å². The summed E-state index contributed by atoms with van der Waals surface area (Å²) < 4.78 is 41.7. The van der Waals surface area contributed by atoms with E-state index in [2.05, 4.69) is 10.3 Å². The van der Waals surface area contributed by atoms with Crippen LogP contribution in [0, 0.1) is 17.7 Å². The Labute approximate surface area is 164 Å². The van der Waals surface area contributed by atoms with Crippen molar-refractivity contribution in [2.75, 3.05) is 13.1 Å². The summed E-state index contributed by atoms with van der Waals surface area (Å²) >= 11 is 0. The van der Waals surface area contributed by atoms with Gasteiger partial charge in [0.2, 0.25) is 10.0 Å². The minimum absolute atomic E-state index is 0.0678. The van der Waals surface area contributed by atoms with Gasteiger partial charge >= 0.3 is 0 Å². The monoisotopic (exact) mass is 405 g/mol. The molecule has 0 aliphatic carbocycles. The minimum Gasteiger partial charge on any atom is -0.348 e. The summed E-state index contributed by atoms with van der Waals surface area (Å²) in [5, 5.41) is 2.60. The third kappa shape index (κ3) is 4.56. The van der Waals surface area contributed by atoms with Gasteiger partial charge < -0.3 is 5.32 Å². The number of halogens is 1. The first kappa shape index (κ1) is 20.4. The van der Waals surface area contributed by atoms with Crippen molar-refractivity contribution in [2.24, 2.45) is 11.8 Å². The number of amides is 1. The minimum atomic E-state index is -3.79. The molecule has 1 aliphatic heterocycles. The molecule has 150 valence electrons. The Hall–Kier alpha value is -2.32. The zero-order chi connectivity index (χ0) is 20.3. The molecule has 1 aliphatic rings. The number of hydrogen-bond donors (Lipinski definition) is 1. The fourth-order valence-electron chi connectivity index (χ4n) is 3.57. The number of nitrogens with zero attached hydrogens (tertiary/aromatic N) is 2. The lowest BCUT2D eigenvalue weighted by Crippen LogP contribution is -2.42. The predicted molar refractivity (Wildman–Crippen MR) is 104 cm³/mol. The summed E-state index contributed by atoms with van der Waals surface area (Å²) in [6, 6.07) is 6.88. The lowest BCUT2D eigenvalue weighted by Gasteiger charge is -2.34. The summed E-state index contributed by atoms with van der Waals surface area (Å²) in [6.07, 6.45) is 4.18. The fourth-order valence-corrected chi connectivity index (χ4v) is 5.28. The molecule has 0 radical (unpaired) electrons. The van der Waals surface area contributed by atoms with Crippen LogP contribution in [0.2, 0.25) is 0 Å². The van der Waals surface area contributed by atoms with Crippen LogP contribution in [-0.4, -0.2) is 36.7 Å². The van der Waals surface area contributed by atoms with Gasteiger partial charge in [-0.2, -0.15) is 4.31 Å². The second-order valence-electron chi connectivity index (χ2n) is 7.45. The fraction of sp³-hybridized carbons (Fsp3) is 0.400. The molecule has 2 aromatic rings. The molecule has 3 rings (SSSR count). The lowest BCUT2D eigenvalue weighted by atomic mass is 9.94. The number of nitrogens with one attached hydrogen (secondary N) is 1. The van der Waals surface area contributed by atoms with E-state index in [4.69, 9.17) is 0 Å². The van der Waals surface area contributed by atoms with Gasteiger partial charge in [0.05, 0.1) is 10.5 Å². The highest BCUT2D eigenvalue weighted by Gasteiger charge is 2.32. The molecule has 1 fully saturated rings. The topological polar surface area (TPSA) is 79.4 Å². The largest absolute Gasteiger partial charge is 0.348 e. The van der Waals surface area contributed by atoms with Crippen LogP contribution in [0.3, 0.4) is 0 Å². The maximum atomic E-state index is 14.2. The molecule has 0 spiro atoms. The van der Waals surface area contributed by atoms with Gasteiger partial charge in [0.25, 0.3) is 5.91 Å². The summed E-state index contributed by atoms with van der Waals surface area (Å²) in [6.45, 7) is 5.05. The average molecular weight is 405 g/mol. The Kier molecular flexibility index (Phi) is 6.10. The smallest absolute Gasteiger partial charge is 0.254 e. The van der Waals surface area contributed by atoms with E-state index in [9.17, 15) is 17.6 Å². The number of benzene rings is 1. The van der Waals surface area contributed by atoms with E-state index in [-0.39, 0.29) is 28.8 Å². The third-order valence-corrected chi connectivity index (χ3v) is 6.66. The van der Waals surface area contributed by atoms with Crippen LogP contribution >= 0.6 is 0 Å². The number of carbonyl (C=O) groups is 1. The molecule has 2 atom stereocenters. The Morgan fingerprint density at radius 3 is 2.61 bits per heavy atom. The number of aromatic nitrogens is 1. The average Bonchev–Trinajstić information content (AvgIpc) is 2.66. The Morgan fingerprint density at radius 1 is 1.25 bits per heavy atom. The van der Waals surface area contributed by atoms with Crippen LogP contribution in [0.4, 0.5) is 4.39 Å². The zero-order valence-corrected chi connectivity index (χ0v) is 16.7. The van der Waals surface area contributed by atoms with Gasteiger partial charge in [0.1, 0.15) is 5.82 Å². The van der Waals surface area contributed by atoms with Crippen molar-refractivity contribution in [3.63, 3.8) is 0 Å². The van der Waals surface area contributed by atoms with Crippen LogP contribution in [0.1, 0.15) is 36.2 Å². The third-order valence-electron chi connectivity index (χ3n) is 4.83. The Bertz CT molecular complexity index is 940. The molecule has 8 heteroatoms. The molecule has 28 heavy (non-hydrogen) atoms. The van der Waals surface area contributed by atoms with Crippen molar-refractivity contribution in [3.8, 4) is 0 Å². The number of piperidine rings is 1. The maximum absolute atomic E-state index is 14.2. The number of pyridine rings is 1. The molecule has 1 aromatic heterocycles. The van der Waals surface area contributed by atoms with Crippen molar-refractivity contribution in [1.82, 2.24) is 14.6 Å². The highest BCUT2D eigenvalue weighted by atomic mass is 32.2. The number of hydrogen-bond acceptors (Lipinski definition) is 4. The van der Waals surface area contributed by atoms with E-state index in [1.54, 1.807) is 24.5 Å². The first-order valence-electron chi connectivity index (χ1n) is 9.24. The lowest BCUT2D eigenvalue weighted by molar-refractivity contribution is 0.0946. The van der Waals surface area contributed by atoms with Gasteiger partial charge in [-0.15, -0.1) is 0 Å². The van der Waals surface area contributed by atoms with Crippen molar-refractivity contribution in [3.05, 3.63) is 59.7 Å². The number of carbonyl (C=O) groups excluding carboxylic acids is 1. The molecule has 1 saturated heterocycles. The molecular weight excluding hydrogens is 381 g/mol. The van der Waals surface area contributed by atoms with Crippen molar-refractivity contribution in [1.29, 1.82) is 0 Å². The highest BCUT2D eigenvalue weighted by Crippen LogP contribution is 2.27. The number of sulfonamides is 1. The van der Waals surface area contributed by atoms with Crippen LogP contribution in [0.25, 0.3) is 0 Å². The highest BCUT2D eigenvalue weighted by molar-refractivity contribution is 7.89. The second-order valence-corrected chi connectivity index (χ2v) is 9.39. The van der Waals surface area contributed by atoms with Gasteiger partial charge in [-0.1, -0.05) is 19.9 Å². The van der Waals surface area contributed by atoms with E-state index in [1.165, 1.54) is 10.4 Å². The standard InChI is InChI=1S/C20H24FN3O3S/c1-14-8-15(2)13-24(12-14)28(26,27)17-5-6-19(21)18(9-17)20(25)23-11-16-4-3-7-22-10-16/h3-7,9-10,14-15H,8,11-13H2,1-2H3,(H,23,25). The van der Waals surface area contributed by atoms with E-state index in [0.29, 0.717) is 13.1 Å². The van der Waals surface area contributed by atoms with Gasteiger partial charge in [0, 0.05) is 32.0 Å². The van der Waals surface area contributed by atoms with Gasteiger partial charge in [-0.05, 0) is 48.1 Å². The molecule has 1 amide bonds. The quantitative estimate of drug-likeness (QED) is 0.830. The number of rotatable bonds is 5. The molecule has 1 aromatic carbocycles. The van der Waals surface area contributed by atoms with Crippen LogP contribution in [0.15, 0.2) is 47.6 Å². The second kappa shape index (κ2) is 8.36. The molecular formula is C20H24FN3O3S. The van der Waals surface area contributed by atoms with E-state index in [0.717, 1.165) is 24.1 Å². The molecule has 0 saturated carbocycles. The molecule has 6 nitrogen and oxygen atoms in total. The summed E-state index contributed by atoms with van der Waals surface area (Å²) in [4.78, 5) is 16.3. The summed E-state index contributed by atoms with van der Waals surface area (Å²) in [5.41, 5.74) is 0.472. The molecule has 1 N–H and O–H groups in total. The Morgan fingerprint density at radius 2 is 1.96 bits per heavy atom. The first-order valence-corrected chi connectivity index (χ1v) is 10.7. The van der Waals surface area contributed by atoms with Crippen molar-refractivity contribution >= 4 is 15.9 Å². The Balaban J connectivity index is 1.81. The normalized spacial score (nSPS) is 20.7. The molecule has 2 heterocycles. The van der Waals surface area contributed by atoms with Crippen LogP contribution in [0.5, 0.6) is 0 Å². The molecule has 2 unspecified atom stereocenters. The summed E-state index contributed by atoms with van der Waals surface area (Å²) in [7, 11) is -3.79. The van der Waals surface area contributed by atoms with Crippen LogP contribution in [-0.2, 0) is 16.6 Å². The van der Waals surface area contributed by atoms with Crippen molar-refractivity contribution < 1.29 is 17.6 Å². The zero-order valence-electron chi connectivity index (χ0n) is 15.9. The van der Waals surface area contributed by atoms with E-state index in [1.807, 2.05) is 13.8 Å². The summed E-state index contributed by atoms with van der Waals surface area (Å²) in [5.74, 6) is -0.927. The predicted octanol–water partition coefficient (Wildman–Crippen LogP) is 2.82. The van der Waals surface area contributed by atoms with Gasteiger partial charge in [-0.3, -0.25) is 9.78 Å². The molecule has 0 bridgehead atoms. The van der Waals surface area contributed by atoms with Gasteiger partial charge in [0.15, 0.2) is 0 Å². The first-order chi connectivity index (χ1) is 13.3. The van der Waals surface area contributed by atoms with Crippen LogP contribution < -0.4 is 5.32 Å².